The number of anilines is 3. The number of fused-ring (bicyclic) bond motifs is 4. The van der Waals surface area contributed by atoms with Gasteiger partial charge in [-0.25, -0.2) is 0 Å². The number of rotatable bonds is 8. The Hall–Kier alpha value is -7.94. The Morgan fingerprint density at radius 2 is 0.833 bits per heavy atom. The van der Waals surface area contributed by atoms with Gasteiger partial charge in [-0.2, -0.15) is 0 Å². The van der Waals surface area contributed by atoms with Gasteiger partial charge in [-0.15, -0.1) is 0 Å². The van der Waals surface area contributed by atoms with E-state index in [9.17, 15) is 0 Å². The maximum Gasteiger partial charge on any atom is 0.0547 e. The van der Waals surface area contributed by atoms with Crippen molar-refractivity contribution in [3.8, 4) is 50.2 Å². The van der Waals surface area contributed by atoms with E-state index < -0.39 is 0 Å². The predicted molar refractivity (Wildman–Crippen MR) is 255 cm³/mol. The van der Waals surface area contributed by atoms with Gasteiger partial charge in [-0.1, -0.05) is 188 Å². The molecule has 0 N–H and O–H groups in total. The fraction of sp³-hybridized carbons (Fsp3) is 0. The third-order valence-electron chi connectivity index (χ3n) is 11.8. The van der Waals surface area contributed by atoms with E-state index in [2.05, 4.69) is 252 Å². The van der Waals surface area contributed by atoms with Crippen molar-refractivity contribution in [2.75, 3.05) is 4.90 Å². The van der Waals surface area contributed by atoms with Crippen LogP contribution in [0.2, 0.25) is 0 Å². The molecule has 60 heavy (non-hydrogen) atoms. The molecule has 1 aromatic heterocycles. The average Bonchev–Trinajstić information content (AvgIpc) is 3.67. The van der Waals surface area contributed by atoms with Crippen LogP contribution in [0.4, 0.5) is 17.1 Å². The molecule has 10 aromatic carbocycles. The smallest absolute Gasteiger partial charge is 0.0547 e. The van der Waals surface area contributed by atoms with Gasteiger partial charge in [0.1, 0.15) is 0 Å². The van der Waals surface area contributed by atoms with Gasteiger partial charge in [0.05, 0.1) is 16.7 Å². The van der Waals surface area contributed by atoms with Crippen LogP contribution in [-0.2, 0) is 0 Å². The van der Waals surface area contributed by atoms with Gasteiger partial charge in [0, 0.05) is 33.4 Å². The molecule has 11 aromatic rings. The number of benzene rings is 10. The Kier molecular flexibility index (Phi) is 8.87. The summed E-state index contributed by atoms with van der Waals surface area (Å²) in [6.07, 6.45) is 0. The molecule has 0 atom stereocenters. The SMILES string of the molecule is c1ccc(-c2ccc(N(c3ccc(-c4c(-c5ccccc5)ccc5ccccc45)cc3)c3ccccc3-c3cccc4c3c3ccccc3n4-c3ccccc3)cc2)cc1. The Labute approximate surface area is 350 Å². The van der Waals surface area contributed by atoms with Crippen molar-refractivity contribution in [3.63, 3.8) is 0 Å². The lowest BCUT2D eigenvalue weighted by Gasteiger charge is -2.28. The highest BCUT2D eigenvalue weighted by Crippen LogP contribution is 2.46. The fourth-order valence-corrected chi connectivity index (χ4v) is 9.07. The van der Waals surface area contributed by atoms with Crippen LogP contribution in [-0.4, -0.2) is 4.57 Å². The molecule has 0 saturated carbocycles. The van der Waals surface area contributed by atoms with E-state index in [0.717, 1.165) is 28.3 Å². The highest BCUT2D eigenvalue weighted by atomic mass is 15.1. The number of hydrogen-bond acceptors (Lipinski definition) is 1. The summed E-state index contributed by atoms with van der Waals surface area (Å²) in [5, 5.41) is 4.94. The van der Waals surface area contributed by atoms with Gasteiger partial charge >= 0.3 is 0 Å². The largest absolute Gasteiger partial charge is 0.310 e. The lowest BCUT2D eigenvalue weighted by molar-refractivity contribution is 1.18. The van der Waals surface area contributed by atoms with Crippen molar-refractivity contribution in [1.29, 1.82) is 0 Å². The Morgan fingerprint density at radius 3 is 1.57 bits per heavy atom. The molecule has 0 radical (unpaired) electrons. The van der Waals surface area contributed by atoms with Crippen LogP contribution >= 0.6 is 0 Å². The quantitative estimate of drug-likeness (QED) is 0.150. The van der Waals surface area contributed by atoms with Crippen molar-refractivity contribution in [1.82, 2.24) is 4.57 Å². The maximum absolute atomic E-state index is 2.42. The minimum absolute atomic E-state index is 1.08. The van der Waals surface area contributed by atoms with Gasteiger partial charge in [0.15, 0.2) is 0 Å². The minimum Gasteiger partial charge on any atom is -0.310 e. The average molecular weight is 765 g/mol. The van der Waals surface area contributed by atoms with E-state index in [0.29, 0.717) is 0 Å². The molecule has 2 nitrogen and oxygen atoms in total. The standard InChI is InChI=1S/C58H40N2/c1-4-17-41(18-5-1)42-31-36-47(37-32-42)59(48-38-33-45(34-39-48)57-49-24-11-10-21-44(49)35-40-50(57)43-19-6-2-7-20-43)54-28-14-12-25-51(54)52-27-16-30-56-58(52)53-26-13-15-29-55(53)60(56)46-22-8-3-9-23-46/h1-40H. The lowest BCUT2D eigenvalue weighted by atomic mass is 9.89. The van der Waals surface area contributed by atoms with Crippen LogP contribution in [0.1, 0.15) is 0 Å². The maximum atomic E-state index is 2.42. The molecule has 11 rings (SSSR count). The van der Waals surface area contributed by atoms with Crippen molar-refractivity contribution in [3.05, 3.63) is 243 Å². The van der Waals surface area contributed by atoms with Crippen molar-refractivity contribution in [2.45, 2.75) is 0 Å². The summed E-state index contributed by atoms with van der Waals surface area (Å²) in [7, 11) is 0. The highest BCUT2D eigenvalue weighted by molar-refractivity contribution is 6.17. The lowest BCUT2D eigenvalue weighted by Crippen LogP contribution is -2.11. The van der Waals surface area contributed by atoms with E-state index in [1.165, 1.54) is 71.5 Å². The van der Waals surface area contributed by atoms with Gasteiger partial charge in [-0.3, -0.25) is 0 Å². The normalized spacial score (nSPS) is 11.3. The second-order valence-corrected chi connectivity index (χ2v) is 15.3. The molecule has 0 saturated heterocycles. The van der Waals surface area contributed by atoms with E-state index >= 15 is 0 Å². The molecule has 0 spiro atoms. The van der Waals surface area contributed by atoms with Crippen LogP contribution < -0.4 is 4.90 Å². The molecule has 2 heteroatoms. The van der Waals surface area contributed by atoms with Crippen LogP contribution in [0, 0.1) is 0 Å². The van der Waals surface area contributed by atoms with Crippen molar-refractivity contribution < 1.29 is 0 Å². The van der Waals surface area contributed by atoms with Gasteiger partial charge in [-0.05, 0) is 104 Å². The van der Waals surface area contributed by atoms with Gasteiger partial charge < -0.3 is 9.47 Å². The number of aromatic nitrogens is 1. The zero-order valence-corrected chi connectivity index (χ0v) is 33.0. The summed E-state index contributed by atoms with van der Waals surface area (Å²) in [5.74, 6) is 0. The van der Waals surface area contributed by atoms with Gasteiger partial charge in [0.25, 0.3) is 0 Å². The predicted octanol–water partition coefficient (Wildman–Crippen LogP) is 16.1. The van der Waals surface area contributed by atoms with Crippen LogP contribution in [0.3, 0.4) is 0 Å². The van der Waals surface area contributed by atoms with Crippen molar-refractivity contribution in [2.24, 2.45) is 0 Å². The number of para-hydroxylation sites is 3. The highest BCUT2D eigenvalue weighted by Gasteiger charge is 2.22. The minimum atomic E-state index is 1.08. The molecule has 0 bridgehead atoms. The first kappa shape index (κ1) is 35.2. The second-order valence-electron chi connectivity index (χ2n) is 15.3. The molecular weight excluding hydrogens is 725 g/mol. The summed E-state index contributed by atoms with van der Waals surface area (Å²) in [5.41, 5.74) is 16.4. The summed E-state index contributed by atoms with van der Waals surface area (Å²) in [6, 6.07) is 87.8. The van der Waals surface area contributed by atoms with Crippen LogP contribution in [0.15, 0.2) is 243 Å². The van der Waals surface area contributed by atoms with E-state index in [1.807, 2.05) is 0 Å². The molecule has 1 heterocycles. The number of nitrogens with zero attached hydrogens (tertiary/aromatic N) is 2. The Balaban J connectivity index is 1.11. The Bertz CT molecular complexity index is 3270. The molecule has 0 aliphatic heterocycles. The van der Waals surface area contributed by atoms with Crippen molar-refractivity contribution >= 4 is 49.6 Å². The van der Waals surface area contributed by atoms with E-state index in [4.69, 9.17) is 0 Å². The zero-order chi connectivity index (χ0) is 39.8. The van der Waals surface area contributed by atoms with Gasteiger partial charge in [0.2, 0.25) is 0 Å². The molecule has 0 aliphatic carbocycles. The zero-order valence-electron chi connectivity index (χ0n) is 33.0. The van der Waals surface area contributed by atoms with Crippen LogP contribution in [0.5, 0.6) is 0 Å². The van der Waals surface area contributed by atoms with Crippen LogP contribution in [0.25, 0.3) is 82.8 Å². The molecule has 0 aliphatic rings. The van der Waals surface area contributed by atoms with E-state index in [1.54, 1.807) is 0 Å². The number of hydrogen-bond donors (Lipinski definition) is 0. The summed E-state index contributed by atoms with van der Waals surface area (Å²) in [6.45, 7) is 0. The third-order valence-corrected chi connectivity index (χ3v) is 11.8. The fourth-order valence-electron chi connectivity index (χ4n) is 9.07. The first-order chi connectivity index (χ1) is 29.8. The molecule has 282 valence electrons. The first-order valence-electron chi connectivity index (χ1n) is 20.6. The molecule has 0 unspecified atom stereocenters. The summed E-state index contributed by atoms with van der Waals surface area (Å²) in [4.78, 5) is 2.42. The van der Waals surface area contributed by atoms with E-state index in [-0.39, 0.29) is 0 Å². The third kappa shape index (κ3) is 6.14. The molecule has 0 fully saturated rings. The monoisotopic (exact) mass is 764 g/mol. The Morgan fingerprint density at radius 1 is 0.300 bits per heavy atom. The topological polar surface area (TPSA) is 8.17 Å². The summed E-state index contributed by atoms with van der Waals surface area (Å²) >= 11 is 0. The summed E-state index contributed by atoms with van der Waals surface area (Å²) < 4.78 is 2.40. The second kappa shape index (κ2) is 15.1. The molecular formula is C58H40N2. The first-order valence-corrected chi connectivity index (χ1v) is 20.6. The molecule has 0 amide bonds.